The number of thioether (sulfide) groups is 1. The number of fused-ring (bicyclic) bond motifs is 1. The van der Waals surface area contributed by atoms with E-state index in [2.05, 4.69) is 25.5 Å². The quantitative estimate of drug-likeness (QED) is 0.137. The molecule has 3 aliphatic rings. The molecule has 0 radical (unpaired) electrons. The molecule has 5 N–H and O–H groups in total. The van der Waals surface area contributed by atoms with Gasteiger partial charge in [0.15, 0.2) is 10.8 Å². The molecule has 16 heteroatoms. The van der Waals surface area contributed by atoms with Gasteiger partial charge in [0.25, 0.3) is 11.8 Å². The lowest BCUT2D eigenvalue weighted by Gasteiger charge is -2.49. The van der Waals surface area contributed by atoms with Crippen molar-refractivity contribution in [3.05, 3.63) is 22.3 Å². The minimum Gasteiger partial charge on any atom is -0.477 e. The van der Waals surface area contributed by atoms with E-state index in [0.29, 0.717) is 6.41 Å². The van der Waals surface area contributed by atoms with Gasteiger partial charge in [-0.05, 0) is 12.8 Å². The number of rotatable bonds is 10. The van der Waals surface area contributed by atoms with Crippen LogP contribution >= 0.6 is 23.1 Å². The van der Waals surface area contributed by atoms with Crippen molar-refractivity contribution in [1.29, 1.82) is 0 Å². The average molecular weight is 511 g/mol. The summed E-state index contributed by atoms with van der Waals surface area (Å²) < 4.78 is 4.68. The van der Waals surface area contributed by atoms with Crippen molar-refractivity contribution in [3.63, 3.8) is 0 Å². The number of hydrogen-bond acceptors (Lipinski definition) is 11. The lowest BCUT2D eigenvalue weighted by molar-refractivity contribution is -0.150. The van der Waals surface area contributed by atoms with E-state index in [0.717, 1.165) is 29.1 Å². The fraction of sp³-hybridized carbons (Fsp3) is 0.389. The number of nitrogens with two attached hydrogens (primary N) is 1. The average Bonchev–Trinajstić information content (AvgIpc) is 3.52. The summed E-state index contributed by atoms with van der Waals surface area (Å²) in [5, 5.41) is 19.5. The van der Waals surface area contributed by atoms with Gasteiger partial charge in [0.2, 0.25) is 6.41 Å². The monoisotopic (exact) mass is 510 g/mol. The third-order valence-electron chi connectivity index (χ3n) is 4.89. The topological polar surface area (TPSA) is 203 Å². The second kappa shape index (κ2) is 9.68. The Kier molecular flexibility index (Phi) is 6.69. The maximum absolute atomic E-state index is 13.0. The number of oxime groups is 1. The first-order valence-corrected chi connectivity index (χ1v) is 11.8. The minimum absolute atomic E-state index is 0.104. The molecule has 1 aromatic rings. The Labute approximate surface area is 199 Å². The summed E-state index contributed by atoms with van der Waals surface area (Å²) in [4.78, 5) is 69.6. The van der Waals surface area contributed by atoms with Crippen molar-refractivity contribution in [1.82, 2.24) is 15.2 Å². The predicted molar refractivity (Wildman–Crippen MR) is 118 cm³/mol. The van der Waals surface area contributed by atoms with Gasteiger partial charge in [-0.3, -0.25) is 19.3 Å². The van der Waals surface area contributed by atoms with Gasteiger partial charge in [-0.15, -0.1) is 23.1 Å². The highest BCUT2D eigenvalue weighted by Gasteiger charge is 2.54. The van der Waals surface area contributed by atoms with E-state index >= 15 is 0 Å². The summed E-state index contributed by atoms with van der Waals surface area (Å²) >= 11 is 2.27. The second-order valence-electron chi connectivity index (χ2n) is 7.27. The number of ether oxygens (including phenoxy) is 1. The second-order valence-corrected chi connectivity index (χ2v) is 9.23. The molecule has 1 saturated carbocycles. The maximum atomic E-state index is 13.0. The highest BCUT2D eigenvalue weighted by atomic mass is 32.2. The van der Waals surface area contributed by atoms with Crippen LogP contribution in [-0.4, -0.2) is 80.9 Å². The molecule has 2 fully saturated rings. The van der Waals surface area contributed by atoms with Crippen molar-refractivity contribution in [2.24, 2.45) is 10.9 Å². The Hall–Kier alpha value is -3.66. The lowest BCUT2D eigenvalue weighted by Crippen LogP contribution is -2.71. The van der Waals surface area contributed by atoms with E-state index in [9.17, 15) is 29.1 Å². The molecule has 4 rings (SSSR count). The van der Waals surface area contributed by atoms with Gasteiger partial charge >= 0.3 is 12.1 Å². The number of aliphatic carboxylic acids is 1. The summed E-state index contributed by atoms with van der Waals surface area (Å²) in [5.41, 5.74) is 4.80. The molecule has 1 aromatic heterocycles. The number of carbonyl (C=O) groups excluding carboxylic acids is 4. The van der Waals surface area contributed by atoms with Gasteiger partial charge in [-0.1, -0.05) is 5.16 Å². The third kappa shape index (κ3) is 4.81. The largest absolute Gasteiger partial charge is 0.477 e. The molecule has 0 unspecified atom stereocenters. The van der Waals surface area contributed by atoms with Crippen LogP contribution in [-0.2, 0) is 28.8 Å². The van der Waals surface area contributed by atoms with Crippen molar-refractivity contribution >= 4 is 64.2 Å². The molecule has 2 aliphatic heterocycles. The van der Waals surface area contributed by atoms with Crippen molar-refractivity contribution in [3.8, 4) is 0 Å². The summed E-state index contributed by atoms with van der Waals surface area (Å²) in [6.07, 6.45) is 0.868. The number of carboxylic acids is 1. The highest BCUT2D eigenvalue weighted by molar-refractivity contribution is 8.00. The SMILES string of the molecule is NC(=O)OCC1=C(C(=O)O)N2C(=O)[C@@H](NC(=O)C(=NOC3CC3)c3csc(NC=O)n3)[C@H]2SC1. The van der Waals surface area contributed by atoms with E-state index in [1.807, 2.05) is 0 Å². The number of aromatic nitrogens is 1. The molecule has 0 bridgehead atoms. The number of carbonyl (C=O) groups is 5. The Morgan fingerprint density at radius 2 is 2.15 bits per heavy atom. The van der Waals surface area contributed by atoms with Crippen LogP contribution in [0.2, 0.25) is 0 Å². The standard InChI is InChI=1S/C18H18N6O8S2/c19-17(30)31-3-7-4-33-15-11(14(27)24(15)12(7)16(28)29)22-13(26)10(23-32-8-1-2-8)9-5-34-18(21-9)20-6-25/h5-6,8,11,15H,1-4H2,(H2,19,30)(H,22,26)(H,28,29)(H,20,21,25)/t11-,15-/m1/s1. The number of hydrogen-bond donors (Lipinski definition) is 4. The normalized spacial score (nSPS) is 21.8. The summed E-state index contributed by atoms with van der Waals surface area (Å²) in [7, 11) is 0. The molecule has 2 atom stereocenters. The molecule has 0 spiro atoms. The van der Waals surface area contributed by atoms with Gasteiger partial charge in [-0.25, -0.2) is 14.6 Å². The first-order chi connectivity index (χ1) is 16.3. The van der Waals surface area contributed by atoms with E-state index in [4.69, 9.17) is 10.6 Å². The number of primary amides is 1. The smallest absolute Gasteiger partial charge is 0.404 e. The zero-order valence-electron chi connectivity index (χ0n) is 17.3. The van der Waals surface area contributed by atoms with Crippen LogP contribution in [0.15, 0.2) is 21.8 Å². The zero-order chi connectivity index (χ0) is 24.4. The van der Waals surface area contributed by atoms with Gasteiger partial charge in [0.05, 0.1) is 0 Å². The predicted octanol–water partition coefficient (Wildman–Crippen LogP) is -0.572. The molecule has 180 valence electrons. The fourth-order valence-corrected chi connectivity index (χ4v) is 5.15. The van der Waals surface area contributed by atoms with Gasteiger partial charge < -0.3 is 31.0 Å². The number of carboxylic acid groups (broad SMARTS) is 1. The lowest BCUT2D eigenvalue weighted by atomic mass is 10.0. The van der Waals surface area contributed by atoms with E-state index in [1.165, 1.54) is 17.1 Å². The maximum Gasteiger partial charge on any atom is 0.404 e. The van der Waals surface area contributed by atoms with Crippen molar-refractivity contribution in [2.45, 2.75) is 30.4 Å². The molecular weight excluding hydrogens is 492 g/mol. The van der Waals surface area contributed by atoms with Crippen LogP contribution in [0.3, 0.4) is 0 Å². The molecule has 4 amide bonds. The first kappa shape index (κ1) is 23.5. The third-order valence-corrected chi connectivity index (χ3v) is 7.00. The van der Waals surface area contributed by atoms with Crippen LogP contribution in [0, 0.1) is 0 Å². The Balaban J connectivity index is 1.50. The van der Waals surface area contributed by atoms with Crippen molar-refractivity contribution in [2.75, 3.05) is 17.7 Å². The molecule has 14 nitrogen and oxygen atoms in total. The van der Waals surface area contributed by atoms with Crippen LogP contribution in [0.5, 0.6) is 0 Å². The first-order valence-electron chi connectivity index (χ1n) is 9.83. The van der Waals surface area contributed by atoms with Crippen molar-refractivity contribution < 1.29 is 38.7 Å². The summed E-state index contributed by atoms with van der Waals surface area (Å²) in [6.45, 7) is -0.367. The van der Waals surface area contributed by atoms with Crippen LogP contribution < -0.4 is 16.4 Å². The number of nitrogens with zero attached hydrogens (tertiary/aromatic N) is 3. The number of thiazole rings is 1. The van der Waals surface area contributed by atoms with Gasteiger partial charge in [0, 0.05) is 16.7 Å². The molecule has 3 heterocycles. The van der Waals surface area contributed by atoms with Gasteiger partial charge in [0.1, 0.15) is 35.5 Å². The van der Waals surface area contributed by atoms with Crippen LogP contribution in [0.25, 0.3) is 0 Å². The number of anilines is 1. The zero-order valence-corrected chi connectivity index (χ0v) is 18.9. The molecular formula is C18H18N6O8S2. The number of nitrogens with one attached hydrogen (secondary N) is 2. The summed E-state index contributed by atoms with van der Waals surface area (Å²) in [6, 6.07) is -1.03. The Morgan fingerprint density at radius 3 is 2.79 bits per heavy atom. The number of amides is 4. The van der Waals surface area contributed by atoms with Crippen LogP contribution in [0.4, 0.5) is 9.93 Å². The molecule has 34 heavy (non-hydrogen) atoms. The Morgan fingerprint density at radius 1 is 1.38 bits per heavy atom. The fourth-order valence-electron chi connectivity index (χ4n) is 3.17. The molecule has 0 aromatic carbocycles. The highest BCUT2D eigenvalue weighted by Crippen LogP contribution is 2.40. The Bertz CT molecular complexity index is 1110. The molecule has 1 saturated heterocycles. The van der Waals surface area contributed by atoms with E-state index in [1.54, 1.807) is 0 Å². The minimum atomic E-state index is -1.37. The molecule has 1 aliphatic carbocycles. The number of β-lactam (4-membered cyclic amide) rings is 1. The van der Waals surface area contributed by atoms with Gasteiger partial charge in [-0.2, -0.15) is 0 Å². The van der Waals surface area contributed by atoms with Crippen LogP contribution in [0.1, 0.15) is 18.5 Å². The van der Waals surface area contributed by atoms with E-state index in [-0.39, 0.29) is 46.3 Å². The van der Waals surface area contributed by atoms with E-state index < -0.39 is 35.3 Å². The summed E-state index contributed by atoms with van der Waals surface area (Å²) in [5.74, 6) is -2.62.